The van der Waals surface area contributed by atoms with Gasteiger partial charge in [-0.2, -0.15) is 0 Å². The molecule has 1 saturated carbocycles. The SMILES string of the molecule is CC(C)CC=C1CCC(N)CC1. The number of hydrogen-bond acceptors (Lipinski definition) is 1. The van der Waals surface area contributed by atoms with E-state index >= 15 is 0 Å². The maximum atomic E-state index is 5.83. The van der Waals surface area contributed by atoms with Gasteiger partial charge in [0.1, 0.15) is 0 Å². The summed E-state index contributed by atoms with van der Waals surface area (Å²) < 4.78 is 0. The lowest BCUT2D eigenvalue weighted by atomic mass is 9.90. The zero-order valence-electron chi connectivity index (χ0n) is 8.34. The maximum absolute atomic E-state index is 5.83. The Morgan fingerprint density at radius 1 is 1.42 bits per heavy atom. The van der Waals surface area contributed by atoms with Crippen LogP contribution in [-0.2, 0) is 0 Å². The van der Waals surface area contributed by atoms with E-state index in [9.17, 15) is 0 Å². The Hall–Kier alpha value is -0.300. The standard InChI is InChI=1S/C11H21N/c1-9(2)3-4-10-5-7-11(12)8-6-10/h4,9,11H,3,5-8,12H2,1-2H3. The molecule has 70 valence electrons. The summed E-state index contributed by atoms with van der Waals surface area (Å²) in [7, 11) is 0. The largest absolute Gasteiger partial charge is 0.328 e. The Labute approximate surface area is 76.0 Å². The summed E-state index contributed by atoms with van der Waals surface area (Å²) in [6, 6.07) is 0.473. The van der Waals surface area contributed by atoms with Crippen LogP contribution in [0.3, 0.4) is 0 Å². The first-order valence-corrected chi connectivity index (χ1v) is 5.12. The third-order valence-electron chi connectivity index (χ3n) is 2.55. The number of rotatable bonds is 2. The van der Waals surface area contributed by atoms with Crippen LogP contribution >= 0.6 is 0 Å². The molecular formula is C11H21N. The molecule has 0 heterocycles. The molecule has 0 radical (unpaired) electrons. The Morgan fingerprint density at radius 2 is 2.00 bits per heavy atom. The molecular weight excluding hydrogens is 146 g/mol. The summed E-state index contributed by atoms with van der Waals surface area (Å²) >= 11 is 0. The fourth-order valence-electron chi connectivity index (χ4n) is 1.62. The number of nitrogens with two attached hydrogens (primary N) is 1. The van der Waals surface area contributed by atoms with Crippen molar-refractivity contribution in [2.45, 2.75) is 52.0 Å². The molecule has 12 heavy (non-hydrogen) atoms. The summed E-state index contributed by atoms with van der Waals surface area (Å²) in [4.78, 5) is 0. The predicted octanol–water partition coefficient (Wildman–Crippen LogP) is 2.86. The van der Waals surface area contributed by atoms with Crippen LogP contribution in [0.5, 0.6) is 0 Å². The van der Waals surface area contributed by atoms with E-state index in [0.717, 1.165) is 5.92 Å². The lowest BCUT2D eigenvalue weighted by Gasteiger charge is -2.20. The molecule has 1 aliphatic carbocycles. The van der Waals surface area contributed by atoms with Gasteiger partial charge in [0.25, 0.3) is 0 Å². The molecule has 0 aromatic carbocycles. The van der Waals surface area contributed by atoms with Crippen molar-refractivity contribution in [1.82, 2.24) is 0 Å². The van der Waals surface area contributed by atoms with Gasteiger partial charge in [-0.25, -0.2) is 0 Å². The average Bonchev–Trinajstić information content (AvgIpc) is 2.03. The van der Waals surface area contributed by atoms with Crippen LogP contribution in [0.1, 0.15) is 46.0 Å². The molecule has 2 N–H and O–H groups in total. The molecule has 0 atom stereocenters. The summed E-state index contributed by atoms with van der Waals surface area (Å²) in [6.45, 7) is 4.54. The fourth-order valence-corrected chi connectivity index (χ4v) is 1.62. The minimum absolute atomic E-state index is 0.473. The van der Waals surface area contributed by atoms with Crippen LogP contribution in [-0.4, -0.2) is 6.04 Å². The second kappa shape index (κ2) is 4.66. The highest BCUT2D eigenvalue weighted by Crippen LogP contribution is 2.23. The number of hydrogen-bond donors (Lipinski definition) is 1. The van der Waals surface area contributed by atoms with Crippen molar-refractivity contribution < 1.29 is 0 Å². The molecule has 0 unspecified atom stereocenters. The third-order valence-corrected chi connectivity index (χ3v) is 2.55. The second-order valence-corrected chi connectivity index (χ2v) is 4.33. The minimum atomic E-state index is 0.473. The molecule has 1 aliphatic rings. The van der Waals surface area contributed by atoms with E-state index in [0.29, 0.717) is 6.04 Å². The van der Waals surface area contributed by atoms with Crippen molar-refractivity contribution in [1.29, 1.82) is 0 Å². The van der Waals surface area contributed by atoms with Crippen LogP contribution in [0.15, 0.2) is 11.6 Å². The first-order valence-electron chi connectivity index (χ1n) is 5.12. The molecule has 1 rings (SSSR count). The highest BCUT2D eigenvalue weighted by Gasteiger charge is 2.11. The van der Waals surface area contributed by atoms with Crippen LogP contribution in [0, 0.1) is 5.92 Å². The number of allylic oxidation sites excluding steroid dienone is 2. The van der Waals surface area contributed by atoms with Gasteiger partial charge in [-0.15, -0.1) is 0 Å². The second-order valence-electron chi connectivity index (χ2n) is 4.33. The molecule has 1 nitrogen and oxygen atoms in total. The van der Waals surface area contributed by atoms with Gasteiger partial charge < -0.3 is 5.73 Å². The lowest BCUT2D eigenvalue weighted by molar-refractivity contribution is 0.507. The fraction of sp³-hybridized carbons (Fsp3) is 0.818. The lowest BCUT2D eigenvalue weighted by Crippen LogP contribution is -2.23. The highest BCUT2D eigenvalue weighted by molar-refractivity contribution is 5.06. The van der Waals surface area contributed by atoms with E-state index < -0.39 is 0 Å². The van der Waals surface area contributed by atoms with Crippen LogP contribution < -0.4 is 5.73 Å². The molecule has 1 fully saturated rings. The molecule has 0 aromatic heterocycles. The van der Waals surface area contributed by atoms with E-state index in [1.807, 2.05) is 0 Å². The molecule has 1 heteroatoms. The van der Waals surface area contributed by atoms with Gasteiger partial charge in [-0.05, 0) is 38.0 Å². The Kier molecular flexibility index (Phi) is 3.80. The first kappa shape index (κ1) is 9.79. The zero-order chi connectivity index (χ0) is 8.97. The maximum Gasteiger partial charge on any atom is 0.00449 e. The van der Waals surface area contributed by atoms with E-state index in [2.05, 4.69) is 19.9 Å². The van der Waals surface area contributed by atoms with Crippen LogP contribution in [0.25, 0.3) is 0 Å². The summed E-state index contributed by atoms with van der Waals surface area (Å²) in [6.07, 6.45) is 8.55. The van der Waals surface area contributed by atoms with Crippen LogP contribution in [0.4, 0.5) is 0 Å². The van der Waals surface area contributed by atoms with Gasteiger partial charge in [0.2, 0.25) is 0 Å². The van der Waals surface area contributed by atoms with E-state index in [1.54, 1.807) is 5.57 Å². The van der Waals surface area contributed by atoms with E-state index in [4.69, 9.17) is 5.73 Å². The highest BCUT2D eigenvalue weighted by atomic mass is 14.6. The molecule has 0 spiro atoms. The van der Waals surface area contributed by atoms with Crippen molar-refractivity contribution in [2.24, 2.45) is 11.7 Å². The van der Waals surface area contributed by atoms with Gasteiger partial charge in [-0.1, -0.05) is 25.5 Å². The van der Waals surface area contributed by atoms with Gasteiger partial charge in [-0.3, -0.25) is 0 Å². The quantitative estimate of drug-likeness (QED) is 0.629. The third kappa shape index (κ3) is 3.40. The van der Waals surface area contributed by atoms with Crippen molar-refractivity contribution in [3.63, 3.8) is 0 Å². The minimum Gasteiger partial charge on any atom is -0.328 e. The topological polar surface area (TPSA) is 26.0 Å². The van der Waals surface area contributed by atoms with Crippen molar-refractivity contribution in [2.75, 3.05) is 0 Å². The monoisotopic (exact) mass is 167 g/mol. The molecule has 0 amide bonds. The smallest absolute Gasteiger partial charge is 0.00449 e. The molecule has 0 aliphatic heterocycles. The van der Waals surface area contributed by atoms with Gasteiger partial charge in [0.15, 0.2) is 0 Å². The van der Waals surface area contributed by atoms with E-state index in [-0.39, 0.29) is 0 Å². The molecule has 0 saturated heterocycles. The van der Waals surface area contributed by atoms with Crippen molar-refractivity contribution in [3.8, 4) is 0 Å². The van der Waals surface area contributed by atoms with Gasteiger partial charge >= 0.3 is 0 Å². The van der Waals surface area contributed by atoms with Crippen molar-refractivity contribution >= 4 is 0 Å². The average molecular weight is 167 g/mol. The van der Waals surface area contributed by atoms with Gasteiger partial charge in [0.05, 0.1) is 0 Å². The normalized spacial score (nSPS) is 24.7. The van der Waals surface area contributed by atoms with Crippen molar-refractivity contribution in [3.05, 3.63) is 11.6 Å². The summed E-state index contributed by atoms with van der Waals surface area (Å²) in [5.41, 5.74) is 7.47. The van der Waals surface area contributed by atoms with Gasteiger partial charge in [0, 0.05) is 6.04 Å². The Morgan fingerprint density at radius 3 is 2.50 bits per heavy atom. The Bertz CT molecular complexity index is 148. The zero-order valence-corrected chi connectivity index (χ0v) is 8.34. The predicted molar refractivity (Wildman–Crippen MR) is 54.0 cm³/mol. The molecule has 0 bridgehead atoms. The summed E-state index contributed by atoms with van der Waals surface area (Å²) in [5.74, 6) is 0.799. The van der Waals surface area contributed by atoms with E-state index in [1.165, 1.54) is 32.1 Å². The summed E-state index contributed by atoms with van der Waals surface area (Å²) in [5, 5.41) is 0. The first-order chi connectivity index (χ1) is 5.68. The Balaban J connectivity index is 2.29. The van der Waals surface area contributed by atoms with Crippen LogP contribution in [0.2, 0.25) is 0 Å². The molecule has 0 aromatic rings.